The van der Waals surface area contributed by atoms with Gasteiger partial charge >= 0.3 is 0 Å². The van der Waals surface area contributed by atoms with Crippen molar-refractivity contribution in [2.45, 2.75) is 19.4 Å². The van der Waals surface area contributed by atoms with Crippen LogP contribution < -0.4 is 4.72 Å². The number of rotatable bonds is 4. The van der Waals surface area contributed by atoms with Gasteiger partial charge in [-0.05, 0) is 6.92 Å². The van der Waals surface area contributed by atoms with E-state index < -0.39 is 10.0 Å². The number of carbonyl (C=O) groups is 1. The summed E-state index contributed by atoms with van der Waals surface area (Å²) in [7, 11) is -3.21. The summed E-state index contributed by atoms with van der Waals surface area (Å²) in [6, 6.07) is 0.0690. The predicted octanol–water partition coefficient (Wildman–Crippen LogP) is -0.827. The van der Waals surface area contributed by atoms with E-state index in [9.17, 15) is 13.2 Å². The van der Waals surface area contributed by atoms with E-state index in [0.29, 0.717) is 19.8 Å². The second kappa shape index (κ2) is 5.60. The summed E-state index contributed by atoms with van der Waals surface area (Å²) in [4.78, 5) is 13.5. The van der Waals surface area contributed by atoms with Crippen molar-refractivity contribution in [3.05, 3.63) is 0 Å². The van der Waals surface area contributed by atoms with Crippen LogP contribution in [0.25, 0.3) is 0 Å². The molecule has 1 atom stereocenters. The minimum atomic E-state index is -3.21. The lowest BCUT2D eigenvalue weighted by atomic mass is 10.2. The van der Waals surface area contributed by atoms with Gasteiger partial charge in [0.25, 0.3) is 0 Å². The van der Waals surface area contributed by atoms with Crippen LogP contribution in [0.3, 0.4) is 0 Å². The summed E-state index contributed by atoms with van der Waals surface area (Å²) in [5.41, 5.74) is 0. The first-order chi connectivity index (χ1) is 7.40. The first kappa shape index (κ1) is 13.4. The summed E-state index contributed by atoms with van der Waals surface area (Å²) in [6.45, 7) is 3.75. The van der Waals surface area contributed by atoms with Gasteiger partial charge in [-0.25, -0.2) is 13.1 Å². The largest absolute Gasteiger partial charge is 0.377 e. The molecule has 0 radical (unpaired) electrons. The number of ether oxygens (including phenoxy) is 1. The van der Waals surface area contributed by atoms with Gasteiger partial charge in [-0.15, -0.1) is 0 Å². The fraction of sp³-hybridized carbons (Fsp3) is 0.889. The van der Waals surface area contributed by atoms with Crippen molar-refractivity contribution >= 4 is 15.9 Å². The molecule has 0 aromatic rings. The first-order valence-electron chi connectivity index (χ1n) is 5.22. The third-order valence-corrected chi connectivity index (χ3v) is 3.12. The van der Waals surface area contributed by atoms with Crippen molar-refractivity contribution in [3.8, 4) is 0 Å². The molecule has 94 valence electrons. The highest BCUT2D eigenvalue weighted by Gasteiger charge is 2.23. The highest BCUT2D eigenvalue weighted by Crippen LogP contribution is 2.07. The third kappa shape index (κ3) is 4.46. The Hall–Kier alpha value is -0.660. The van der Waals surface area contributed by atoms with Crippen molar-refractivity contribution in [2.75, 3.05) is 32.6 Å². The van der Waals surface area contributed by atoms with Crippen LogP contribution in [-0.2, 0) is 19.6 Å². The minimum absolute atomic E-state index is 0.0352. The number of amides is 1. The summed E-state index contributed by atoms with van der Waals surface area (Å²) < 4.78 is 29.1. The van der Waals surface area contributed by atoms with Crippen molar-refractivity contribution in [1.82, 2.24) is 9.62 Å². The van der Waals surface area contributed by atoms with Gasteiger partial charge in [-0.2, -0.15) is 0 Å². The first-order valence-corrected chi connectivity index (χ1v) is 7.11. The van der Waals surface area contributed by atoms with Gasteiger partial charge in [-0.1, -0.05) is 0 Å². The smallest absolute Gasteiger partial charge is 0.224 e. The Bertz CT molecular complexity index is 341. The highest BCUT2D eigenvalue weighted by atomic mass is 32.2. The molecule has 0 aromatic heterocycles. The van der Waals surface area contributed by atoms with Crippen LogP contribution in [0.1, 0.15) is 13.3 Å². The molecule has 16 heavy (non-hydrogen) atoms. The highest BCUT2D eigenvalue weighted by molar-refractivity contribution is 7.88. The van der Waals surface area contributed by atoms with E-state index in [1.54, 1.807) is 4.90 Å². The van der Waals surface area contributed by atoms with Crippen LogP contribution >= 0.6 is 0 Å². The Morgan fingerprint density at radius 3 is 2.81 bits per heavy atom. The van der Waals surface area contributed by atoms with Gasteiger partial charge in [0, 0.05) is 19.5 Å². The number of nitrogens with one attached hydrogen (secondary N) is 1. The van der Waals surface area contributed by atoms with Gasteiger partial charge in [0.2, 0.25) is 15.9 Å². The predicted molar refractivity (Wildman–Crippen MR) is 59.5 cm³/mol. The number of carbonyl (C=O) groups excluding carboxylic acids is 1. The number of morpholine rings is 1. The molecule has 0 aromatic carbocycles. The lowest BCUT2D eigenvalue weighted by molar-refractivity contribution is -0.138. The number of sulfonamides is 1. The Labute approximate surface area is 96.0 Å². The van der Waals surface area contributed by atoms with E-state index in [0.717, 1.165) is 6.26 Å². The zero-order valence-corrected chi connectivity index (χ0v) is 10.4. The summed E-state index contributed by atoms with van der Waals surface area (Å²) >= 11 is 0. The van der Waals surface area contributed by atoms with Crippen LogP contribution in [0.2, 0.25) is 0 Å². The van der Waals surface area contributed by atoms with E-state index >= 15 is 0 Å². The fourth-order valence-corrected chi connectivity index (χ4v) is 2.06. The van der Waals surface area contributed by atoms with Gasteiger partial charge in [0.15, 0.2) is 0 Å². The molecule has 1 N–H and O–H groups in total. The Kier molecular flexibility index (Phi) is 4.69. The Morgan fingerprint density at radius 2 is 2.25 bits per heavy atom. The van der Waals surface area contributed by atoms with Gasteiger partial charge < -0.3 is 9.64 Å². The Morgan fingerprint density at radius 1 is 1.56 bits per heavy atom. The van der Waals surface area contributed by atoms with Crippen LogP contribution in [0.5, 0.6) is 0 Å². The van der Waals surface area contributed by atoms with E-state index in [1.807, 2.05) is 6.92 Å². The van der Waals surface area contributed by atoms with Crippen LogP contribution in [0.15, 0.2) is 0 Å². The lowest BCUT2D eigenvalue weighted by Crippen LogP contribution is -2.47. The van der Waals surface area contributed by atoms with Gasteiger partial charge in [0.1, 0.15) is 0 Å². The molecular weight excluding hydrogens is 232 g/mol. The molecule has 1 aliphatic heterocycles. The monoisotopic (exact) mass is 250 g/mol. The second-order valence-corrected chi connectivity index (χ2v) is 5.76. The topological polar surface area (TPSA) is 75.7 Å². The van der Waals surface area contributed by atoms with E-state index in [4.69, 9.17) is 4.74 Å². The number of hydrogen-bond donors (Lipinski definition) is 1. The molecule has 1 saturated heterocycles. The molecule has 0 saturated carbocycles. The summed E-state index contributed by atoms with van der Waals surface area (Å²) in [5, 5.41) is 0. The molecule has 1 heterocycles. The van der Waals surface area contributed by atoms with E-state index in [2.05, 4.69) is 4.72 Å². The average Bonchev–Trinajstić information content (AvgIpc) is 2.16. The maximum atomic E-state index is 11.7. The molecule has 1 amide bonds. The number of hydrogen-bond acceptors (Lipinski definition) is 4. The molecule has 0 bridgehead atoms. The molecule has 7 heteroatoms. The van der Waals surface area contributed by atoms with Crippen LogP contribution in [0.4, 0.5) is 0 Å². The fourth-order valence-electron chi connectivity index (χ4n) is 1.58. The maximum Gasteiger partial charge on any atom is 0.224 e. The molecule has 1 rings (SSSR count). The average molecular weight is 250 g/mol. The van der Waals surface area contributed by atoms with Gasteiger partial charge in [-0.3, -0.25) is 4.79 Å². The standard InChI is InChI=1S/C9H18N2O4S/c1-8-7-15-6-5-11(8)9(12)3-4-10-16(2,13)14/h8,10H,3-7H2,1-2H3/t8-/m1/s1. The van der Waals surface area contributed by atoms with Crippen molar-refractivity contribution in [3.63, 3.8) is 0 Å². The Balaban J connectivity index is 2.34. The van der Waals surface area contributed by atoms with Gasteiger partial charge in [0.05, 0.1) is 25.5 Å². The molecular formula is C9H18N2O4S. The lowest BCUT2D eigenvalue weighted by Gasteiger charge is -2.33. The van der Waals surface area contributed by atoms with E-state index in [-0.39, 0.29) is 24.9 Å². The SMILES string of the molecule is C[C@@H]1COCCN1C(=O)CCNS(C)(=O)=O. The summed E-state index contributed by atoms with van der Waals surface area (Å²) in [5.74, 6) is -0.0352. The van der Waals surface area contributed by atoms with Crippen molar-refractivity contribution in [2.24, 2.45) is 0 Å². The zero-order chi connectivity index (χ0) is 12.2. The molecule has 6 nitrogen and oxygen atoms in total. The van der Waals surface area contributed by atoms with Crippen molar-refractivity contribution < 1.29 is 17.9 Å². The molecule has 0 spiro atoms. The normalized spacial score (nSPS) is 22.1. The molecule has 1 fully saturated rings. The van der Waals surface area contributed by atoms with E-state index in [1.165, 1.54) is 0 Å². The maximum absolute atomic E-state index is 11.7. The molecule has 1 aliphatic rings. The molecule has 0 unspecified atom stereocenters. The zero-order valence-electron chi connectivity index (χ0n) is 9.60. The van der Waals surface area contributed by atoms with Crippen molar-refractivity contribution in [1.29, 1.82) is 0 Å². The summed E-state index contributed by atoms with van der Waals surface area (Å²) in [6.07, 6.45) is 1.27. The van der Waals surface area contributed by atoms with Crippen LogP contribution in [0, 0.1) is 0 Å². The second-order valence-electron chi connectivity index (χ2n) is 3.93. The third-order valence-electron chi connectivity index (χ3n) is 2.39. The van der Waals surface area contributed by atoms with Crippen LogP contribution in [-0.4, -0.2) is 57.8 Å². The minimum Gasteiger partial charge on any atom is -0.377 e. The molecule has 0 aliphatic carbocycles. The quantitative estimate of drug-likeness (QED) is 0.707. The number of nitrogens with zero attached hydrogens (tertiary/aromatic N) is 1.